The molecule has 2 aromatic carbocycles. The molecule has 1 amide bonds. The van der Waals surface area contributed by atoms with Crippen LogP contribution in [0, 0.1) is 0 Å². The number of ether oxygens (including phenoxy) is 1. The minimum absolute atomic E-state index is 0.0550. The topological polar surface area (TPSA) is 50.6 Å². The normalized spacial score (nSPS) is 15.0. The molecule has 1 aliphatic rings. The summed E-state index contributed by atoms with van der Waals surface area (Å²) in [5.41, 5.74) is 2.49. The van der Waals surface area contributed by atoms with E-state index in [-0.39, 0.29) is 12.0 Å². The van der Waals surface area contributed by atoms with Gasteiger partial charge in [-0.3, -0.25) is 4.79 Å². The molecule has 31 heavy (non-hydrogen) atoms. The summed E-state index contributed by atoms with van der Waals surface area (Å²) in [6.45, 7) is 5.68. The predicted octanol–water partition coefficient (Wildman–Crippen LogP) is 3.63. The Bertz CT molecular complexity index is 933. The third-order valence-corrected chi connectivity index (χ3v) is 5.80. The van der Waals surface area contributed by atoms with Crippen LogP contribution in [0.25, 0.3) is 0 Å². The van der Waals surface area contributed by atoms with Crippen molar-refractivity contribution in [2.24, 2.45) is 0 Å². The maximum atomic E-state index is 11.5. The fourth-order valence-corrected chi connectivity index (χ4v) is 4.00. The highest BCUT2D eigenvalue weighted by molar-refractivity contribution is 5.73. The number of hydrogen-bond acceptors (Lipinski definition) is 4. The lowest BCUT2D eigenvalue weighted by molar-refractivity contribution is -0.129. The minimum Gasteiger partial charge on any atom is -0.489 e. The molecule has 1 atom stereocenters. The Morgan fingerprint density at radius 1 is 1.03 bits per heavy atom. The van der Waals surface area contributed by atoms with E-state index >= 15 is 0 Å². The Balaban J connectivity index is 1.37. The summed E-state index contributed by atoms with van der Waals surface area (Å²) in [5.74, 6) is 1.03. The van der Waals surface area contributed by atoms with Crippen LogP contribution in [-0.2, 0) is 17.8 Å². The lowest BCUT2D eigenvalue weighted by Gasteiger charge is -2.35. The van der Waals surface area contributed by atoms with E-state index in [9.17, 15) is 4.79 Å². The van der Waals surface area contributed by atoms with Crippen LogP contribution in [0.2, 0.25) is 0 Å². The first-order valence-electron chi connectivity index (χ1n) is 10.9. The number of aromatic nitrogens is 2. The number of carbonyl (C=O) groups excluding carboxylic acids is 1. The molecule has 0 spiro atoms. The number of anilines is 1. The van der Waals surface area contributed by atoms with Crippen molar-refractivity contribution in [1.82, 2.24) is 14.5 Å². The van der Waals surface area contributed by atoms with Gasteiger partial charge in [-0.25, -0.2) is 4.98 Å². The van der Waals surface area contributed by atoms with Gasteiger partial charge in [0.2, 0.25) is 5.91 Å². The fourth-order valence-electron chi connectivity index (χ4n) is 4.00. The first-order valence-corrected chi connectivity index (χ1v) is 10.9. The minimum atomic E-state index is 0.0550. The van der Waals surface area contributed by atoms with Crippen LogP contribution in [0.3, 0.4) is 0 Å². The molecule has 2 heterocycles. The van der Waals surface area contributed by atoms with Crippen molar-refractivity contribution in [2.75, 3.05) is 31.1 Å². The third-order valence-electron chi connectivity index (χ3n) is 5.80. The predicted molar refractivity (Wildman–Crippen MR) is 122 cm³/mol. The van der Waals surface area contributed by atoms with Crippen LogP contribution >= 0.6 is 0 Å². The molecule has 1 saturated heterocycles. The summed E-state index contributed by atoms with van der Waals surface area (Å²) in [5, 5.41) is 0. The molecule has 162 valence electrons. The largest absolute Gasteiger partial charge is 0.489 e. The Morgan fingerprint density at radius 2 is 1.77 bits per heavy atom. The van der Waals surface area contributed by atoms with Gasteiger partial charge >= 0.3 is 0 Å². The van der Waals surface area contributed by atoms with Crippen molar-refractivity contribution in [1.29, 1.82) is 0 Å². The zero-order valence-corrected chi connectivity index (χ0v) is 18.1. The maximum Gasteiger partial charge on any atom is 0.219 e. The standard InChI is InChI=1S/C25H30N4O2/c1-21(30)28-15-17-29(18-16-28)23-8-11-24(12-9-23)31-25(19-27-14-13-26-20-27)10-7-22-5-3-2-4-6-22/h2-6,8-9,11-14,20,25H,7,10,15-19H2,1H3. The van der Waals surface area contributed by atoms with E-state index in [1.165, 1.54) is 11.3 Å². The molecule has 6 nitrogen and oxygen atoms in total. The zero-order valence-electron chi connectivity index (χ0n) is 18.1. The van der Waals surface area contributed by atoms with Gasteiger partial charge in [-0.1, -0.05) is 30.3 Å². The van der Waals surface area contributed by atoms with Gasteiger partial charge in [0.15, 0.2) is 0 Å². The number of piperazine rings is 1. The molecule has 0 bridgehead atoms. The molecule has 6 heteroatoms. The van der Waals surface area contributed by atoms with Crippen molar-refractivity contribution in [3.63, 3.8) is 0 Å². The lowest BCUT2D eigenvalue weighted by atomic mass is 10.1. The first-order chi connectivity index (χ1) is 15.2. The third kappa shape index (κ3) is 5.87. The number of benzene rings is 2. The number of carbonyl (C=O) groups is 1. The molecule has 1 aromatic heterocycles. The number of amides is 1. The summed E-state index contributed by atoms with van der Waals surface area (Å²) in [6, 6.07) is 18.9. The molecular formula is C25H30N4O2. The first kappa shape index (κ1) is 21.0. The Morgan fingerprint density at radius 3 is 2.42 bits per heavy atom. The Hall–Kier alpha value is -3.28. The van der Waals surface area contributed by atoms with Gasteiger partial charge in [0, 0.05) is 51.2 Å². The highest BCUT2D eigenvalue weighted by atomic mass is 16.5. The highest BCUT2D eigenvalue weighted by Gasteiger charge is 2.19. The van der Waals surface area contributed by atoms with Crippen molar-refractivity contribution in [2.45, 2.75) is 32.4 Å². The molecule has 1 aliphatic heterocycles. The van der Waals surface area contributed by atoms with E-state index in [0.717, 1.165) is 51.3 Å². The summed E-state index contributed by atoms with van der Waals surface area (Å²) in [7, 11) is 0. The molecule has 0 radical (unpaired) electrons. The second-order valence-corrected chi connectivity index (χ2v) is 8.01. The van der Waals surface area contributed by atoms with Crippen molar-refractivity contribution < 1.29 is 9.53 Å². The number of imidazole rings is 1. The smallest absolute Gasteiger partial charge is 0.219 e. The maximum absolute atomic E-state index is 11.5. The van der Waals surface area contributed by atoms with E-state index in [0.29, 0.717) is 0 Å². The molecule has 0 aliphatic carbocycles. The summed E-state index contributed by atoms with van der Waals surface area (Å²) < 4.78 is 8.45. The Labute approximate surface area is 184 Å². The van der Waals surface area contributed by atoms with E-state index in [2.05, 4.69) is 63.0 Å². The summed E-state index contributed by atoms with van der Waals surface area (Å²) in [4.78, 5) is 19.9. The second-order valence-electron chi connectivity index (χ2n) is 8.01. The van der Waals surface area contributed by atoms with Gasteiger partial charge in [0.05, 0.1) is 12.9 Å². The van der Waals surface area contributed by atoms with Gasteiger partial charge in [0.1, 0.15) is 11.9 Å². The van der Waals surface area contributed by atoms with E-state index in [1.807, 2.05) is 23.5 Å². The Kier molecular flexibility index (Phi) is 6.87. The van der Waals surface area contributed by atoms with Crippen molar-refractivity contribution in [3.8, 4) is 5.75 Å². The van der Waals surface area contributed by atoms with Crippen LogP contribution in [0.1, 0.15) is 18.9 Å². The van der Waals surface area contributed by atoms with Gasteiger partial charge in [-0.05, 0) is 42.7 Å². The second kappa shape index (κ2) is 10.2. The van der Waals surface area contributed by atoms with Crippen LogP contribution in [0.15, 0.2) is 73.3 Å². The van der Waals surface area contributed by atoms with Gasteiger partial charge in [-0.2, -0.15) is 0 Å². The van der Waals surface area contributed by atoms with Crippen LogP contribution in [0.4, 0.5) is 5.69 Å². The van der Waals surface area contributed by atoms with Crippen molar-refractivity contribution in [3.05, 3.63) is 78.9 Å². The molecular weight excluding hydrogens is 388 g/mol. The number of rotatable bonds is 8. The van der Waals surface area contributed by atoms with Crippen LogP contribution < -0.4 is 9.64 Å². The number of hydrogen-bond donors (Lipinski definition) is 0. The average molecular weight is 419 g/mol. The van der Waals surface area contributed by atoms with E-state index in [4.69, 9.17) is 4.74 Å². The van der Waals surface area contributed by atoms with E-state index in [1.54, 1.807) is 13.1 Å². The van der Waals surface area contributed by atoms with Crippen LogP contribution in [0.5, 0.6) is 5.75 Å². The molecule has 3 aromatic rings. The number of nitrogens with zero attached hydrogens (tertiary/aromatic N) is 4. The molecule has 0 N–H and O–H groups in total. The summed E-state index contributed by atoms with van der Waals surface area (Å²) in [6.07, 6.45) is 7.56. The van der Waals surface area contributed by atoms with Crippen molar-refractivity contribution >= 4 is 11.6 Å². The molecule has 1 fully saturated rings. The highest BCUT2D eigenvalue weighted by Crippen LogP contribution is 2.23. The molecule has 0 saturated carbocycles. The van der Waals surface area contributed by atoms with Gasteiger partial charge in [-0.15, -0.1) is 0 Å². The zero-order chi connectivity index (χ0) is 21.5. The van der Waals surface area contributed by atoms with Crippen LogP contribution in [-0.4, -0.2) is 52.6 Å². The van der Waals surface area contributed by atoms with Gasteiger partial charge < -0.3 is 19.1 Å². The quantitative estimate of drug-likeness (QED) is 0.561. The average Bonchev–Trinajstić information content (AvgIpc) is 3.32. The molecule has 1 unspecified atom stereocenters. The number of aryl methyl sites for hydroxylation is 1. The van der Waals surface area contributed by atoms with E-state index < -0.39 is 0 Å². The monoisotopic (exact) mass is 418 g/mol. The summed E-state index contributed by atoms with van der Waals surface area (Å²) >= 11 is 0. The molecule has 4 rings (SSSR count). The fraction of sp³-hybridized carbons (Fsp3) is 0.360. The van der Waals surface area contributed by atoms with Gasteiger partial charge in [0.25, 0.3) is 0 Å². The SMILES string of the molecule is CC(=O)N1CCN(c2ccc(OC(CCc3ccccc3)Cn3ccnc3)cc2)CC1. The lowest BCUT2D eigenvalue weighted by Crippen LogP contribution is -2.48.